The van der Waals surface area contributed by atoms with Crippen LogP contribution in [0.4, 0.5) is 5.13 Å². The number of nitrogens with two attached hydrogens (primary N) is 1. The Morgan fingerprint density at radius 1 is 1.33 bits per heavy atom. The molecule has 2 aliphatic heterocycles. The molecule has 2 amide bonds. The molecule has 0 unspecified atom stereocenters. The van der Waals surface area contributed by atoms with Crippen molar-refractivity contribution in [3.05, 3.63) is 47.2 Å². The van der Waals surface area contributed by atoms with Gasteiger partial charge in [-0.25, -0.2) is 9.78 Å². The molecule has 1 fully saturated rings. The molecule has 19 heteroatoms. The SMILES string of the molecule is CCCCn1cc(-c2ccc3c(c2)CC[C@@H]([C@](C)(O/N=C(\C(=O)N[C@@H]2C(=O)N(OS(=O)(=O)O)C2(C)C)c2csc(N)n2)C(=O)O)O3)c[n+]1C. The Bertz CT molecular complexity index is 1920. The fraction of sp³-hybridized carbons (Fsp3) is 0.467. The predicted octanol–water partition coefficient (Wildman–Crippen LogP) is 1.62. The molecule has 1 saturated heterocycles. The average Bonchev–Trinajstić information content (AvgIpc) is 3.64. The Balaban J connectivity index is 1.36. The van der Waals surface area contributed by atoms with Crippen molar-refractivity contribution in [2.24, 2.45) is 12.2 Å². The molecular weight excluding hydrogens is 683 g/mol. The lowest BCUT2D eigenvalue weighted by molar-refractivity contribution is -0.753. The van der Waals surface area contributed by atoms with E-state index in [9.17, 15) is 27.9 Å². The van der Waals surface area contributed by atoms with Crippen molar-refractivity contribution in [2.45, 2.75) is 83.2 Å². The lowest BCUT2D eigenvalue weighted by Gasteiger charge is -2.50. The zero-order valence-corrected chi connectivity index (χ0v) is 29.1. The summed E-state index contributed by atoms with van der Waals surface area (Å²) >= 11 is 0.978. The largest absolute Gasteiger partial charge is 0.485 e. The van der Waals surface area contributed by atoms with E-state index in [0.717, 1.165) is 47.4 Å². The van der Waals surface area contributed by atoms with Gasteiger partial charge in [-0.05, 0) is 63.3 Å². The van der Waals surface area contributed by atoms with Crippen LogP contribution in [0.25, 0.3) is 11.1 Å². The molecule has 0 bridgehead atoms. The number of amides is 2. The Kier molecular flexibility index (Phi) is 9.75. The number of hydrogen-bond acceptors (Lipinski definition) is 12. The van der Waals surface area contributed by atoms with Gasteiger partial charge in [0, 0.05) is 5.38 Å². The van der Waals surface area contributed by atoms with Crippen LogP contribution in [0, 0.1) is 0 Å². The molecule has 5 N–H and O–H groups in total. The van der Waals surface area contributed by atoms with Crippen molar-refractivity contribution in [1.29, 1.82) is 0 Å². The number of nitrogen functional groups attached to an aromatic ring is 1. The van der Waals surface area contributed by atoms with Gasteiger partial charge in [0.1, 0.15) is 17.5 Å². The first-order valence-electron chi connectivity index (χ1n) is 15.3. The van der Waals surface area contributed by atoms with E-state index in [-0.39, 0.29) is 17.2 Å². The van der Waals surface area contributed by atoms with Gasteiger partial charge in [-0.1, -0.05) is 24.6 Å². The number of aliphatic carboxylic acids is 1. The highest BCUT2D eigenvalue weighted by Gasteiger charge is 2.58. The second-order valence-corrected chi connectivity index (χ2v) is 14.4. The molecule has 0 saturated carbocycles. The summed E-state index contributed by atoms with van der Waals surface area (Å²) in [5.41, 5.74) is 4.62. The first kappa shape index (κ1) is 35.7. The maximum absolute atomic E-state index is 13.5. The maximum Gasteiger partial charge on any atom is 0.418 e. The number of carboxylic acids is 1. The molecule has 3 atom stereocenters. The van der Waals surface area contributed by atoms with Gasteiger partial charge >= 0.3 is 16.4 Å². The Morgan fingerprint density at radius 2 is 2.06 bits per heavy atom. The van der Waals surface area contributed by atoms with E-state index in [0.29, 0.717) is 17.2 Å². The minimum Gasteiger partial charge on any atom is -0.485 e. The monoisotopic (exact) mass is 720 g/mol. The van der Waals surface area contributed by atoms with E-state index in [1.54, 1.807) is 6.07 Å². The van der Waals surface area contributed by atoms with Crippen LogP contribution in [0.15, 0.2) is 41.1 Å². The molecule has 2 aromatic heterocycles. The van der Waals surface area contributed by atoms with Gasteiger partial charge in [-0.15, -0.1) is 20.3 Å². The highest BCUT2D eigenvalue weighted by Crippen LogP contribution is 2.37. The van der Waals surface area contributed by atoms with Gasteiger partial charge < -0.3 is 25.7 Å². The fourth-order valence-electron chi connectivity index (χ4n) is 5.60. The average molecular weight is 721 g/mol. The standard InChI is InChI=1S/C30H37N7O10S2/c1-6-7-12-36-15-19(14-35(36)5)17-8-10-21-18(13-17)9-11-22(45-21)30(4,27(40)41)46-34-23(20-16-48-28(31)32-20)25(38)33-24-26(39)37(29(24,2)3)47-49(42,43)44/h8,10,13-16,22,24H,6-7,9,11-12H2,1-5H3,(H4-,31,32,33,38,40,41,42,43,44)/p+1/b34-23-/t22-,24+,30-/m0/s1. The molecule has 0 radical (unpaired) electrons. The van der Waals surface area contributed by atoms with E-state index in [2.05, 4.69) is 37.5 Å². The highest BCUT2D eigenvalue weighted by molar-refractivity contribution is 7.80. The molecule has 5 rings (SSSR count). The number of hydrogen-bond donors (Lipinski definition) is 4. The van der Waals surface area contributed by atoms with E-state index in [4.69, 9.17) is 19.9 Å². The predicted molar refractivity (Wildman–Crippen MR) is 174 cm³/mol. The van der Waals surface area contributed by atoms with Crippen molar-refractivity contribution in [2.75, 3.05) is 5.73 Å². The smallest absolute Gasteiger partial charge is 0.418 e. The van der Waals surface area contributed by atoms with Crippen LogP contribution in [-0.2, 0) is 53.9 Å². The second kappa shape index (κ2) is 13.4. The summed E-state index contributed by atoms with van der Waals surface area (Å²) in [5, 5.41) is 18.5. The van der Waals surface area contributed by atoms with Crippen LogP contribution in [0.5, 0.6) is 5.75 Å². The summed E-state index contributed by atoms with van der Waals surface area (Å²) in [5.74, 6) is -2.91. The first-order chi connectivity index (χ1) is 22.9. The van der Waals surface area contributed by atoms with E-state index in [1.165, 1.54) is 26.2 Å². The second-order valence-electron chi connectivity index (χ2n) is 12.5. The van der Waals surface area contributed by atoms with Crippen molar-refractivity contribution < 1.29 is 51.0 Å². The van der Waals surface area contributed by atoms with E-state index >= 15 is 0 Å². The van der Waals surface area contributed by atoms with Crippen LogP contribution in [0.3, 0.4) is 0 Å². The molecule has 4 heterocycles. The zero-order valence-electron chi connectivity index (χ0n) is 27.4. The lowest BCUT2D eigenvalue weighted by atomic mass is 9.84. The number of aromatic nitrogens is 3. The van der Waals surface area contributed by atoms with Gasteiger partial charge in [0.25, 0.3) is 17.4 Å². The number of fused-ring (bicyclic) bond motifs is 1. The minimum atomic E-state index is -5.02. The number of unbranched alkanes of at least 4 members (excludes halogenated alkanes) is 1. The molecule has 49 heavy (non-hydrogen) atoms. The van der Waals surface area contributed by atoms with E-state index < -0.39 is 57.2 Å². The summed E-state index contributed by atoms with van der Waals surface area (Å²) in [4.78, 5) is 48.4. The number of ether oxygens (including phenoxy) is 1. The molecule has 2 aliphatic rings. The van der Waals surface area contributed by atoms with Crippen LogP contribution >= 0.6 is 11.3 Å². The third-order valence-electron chi connectivity index (χ3n) is 8.57. The van der Waals surface area contributed by atoms with Gasteiger partial charge in [-0.3, -0.25) is 14.1 Å². The number of oxime groups is 1. The number of β-lactam (4-membered cyclic amide) rings is 1. The number of rotatable bonds is 13. The molecule has 264 valence electrons. The maximum atomic E-state index is 13.5. The number of anilines is 1. The summed E-state index contributed by atoms with van der Waals surface area (Å²) < 4.78 is 46.0. The molecule has 3 aromatic rings. The van der Waals surface area contributed by atoms with Crippen LogP contribution in [0.2, 0.25) is 0 Å². The fourth-order valence-corrected chi connectivity index (χ4v) is 6.61. The number of carbonyl (C=O) groups excluding carboxylic acids is 2. The number of hydroxylamine groups is 2. The summed E-state index contributed by atoms with van der Waals surface area (Å²) in [6.07, 6.45) is 5.98. The van der Waals surface area contributed by atoms with Crippen molar-refractivity contribution in [3.63, 3.8) is 0 Å². The third kappa shape index (κ3) is 7.24. The Hall–Kier alpha value is -4.59. The molecule has 0 aliphatic carbocycles. The summed E-state index contributed by atoms with van der Waals surface area (Å²) in [6.45, 7) is 7.08. The number of carbonyl (C=O) groups is 3. The van der Waals surface area contributed by atoms with Gasteiger partial charge in [0.05, 0.1) is 23.8 Å². The van der Waals surface area contributed by atoms with Crippen LogP contribution < -0.4 is 20.5 Å². The van der Waals surface area contributed by atoms with E-state index in [1.807, 2.05) is 30.1 Å². The number of nitrogens with one attached hydrogen (secondary N) is 1. The van der Waals surface area contributed by atoms with Crippen molar-refractivity contribution in [3.8, 4) is 16.9 Å². The molecule has 1 aromatic carbocycles. The Labute approximate surface area is 286 Å². The van der Waals surface area contributed by atoms with Gasteiger partial charge in [0.2, 0.25) is 6.20 Å². The molecule has 0 spiro atoms. The van der Waals surface area contributed by atoms with Crippen molar-refractivity contribution in [1.82, 2.24) is 20.0 Å². The molecular formula is C30H38N7O10S2+. The normalized spacial score (nSPS) is 20.1. The summed E-state index contributed by atoms with van der Waals surface area (Å²) in [7, 11) is -3.03. The van der Waals surface area contributed by atoms with Crippen LogP contribution in [-0.4, -0.2) is 79.6 Å². The molecule has 17 nitrogen and oxygen atoms in total. The number of aryl methyl sites for hydroxylation is 3. The van der Waals surface area contributed by atoms with Gasteiger partial charge in [0.15, 0.2) is 24.0 Å². The minimum absolute atomic E-state index is 0.0669. The quantitative estimate of drug-likeness (QED) is 0.0649. The van der Waals surface area contributed by atoms with Gasteiger partial charge in [-0.2, -0.15) is 18.2 Å². The zero-order chi connectivity index (χ0) is 35.9. The highest BCUT2D eigenvalue weighted by atomic mass is 32.3. The number of carboxylic acid groups (broad SMARTS) is 1. The summed E-state index contributed by atoms with van der Waals surface area (Å²) in [6, 6.07) is 4.38. The van der Waals surface area contributed by atoms with Crippen molar-refractivity contribution >= 4 is 50.4 Å². The third-order valence-corrected chi connectivity index (χ3v) is 9.58. The number of benzene rings is 1. The van der Waals surface area contributed by atoms with Crippen LogP contribution in [0.1, 0.15) is 58.2 Å². The number of thiazole rings is 1. The first-order valence-corrected chi connectivity index (χ1v) is 17.6. The lowest BCUT2D eigenvalue weighted by Crippen LogP contribution is -2.76. The number of nitrogens with zero attached hydrogens (tertiary/aromatic N) is 5. The Morgan fingerprint density at radius 3 is 2.67 bits per heavy atom. The topological polar surface area (TPSA) is 229 Å².